The highest BCUT2D eigenvalue weighted by atomic mass is 32.1. The molecule has 0 saturated carbocycles. The number of thiophene rings is 1. The van der Waals surface area contributed by atoms with Gasteiger partial charge in [-0.15, -0.1) is 11.3 Å². The predicted octanol–water partition coefficient (Wildman–Crippen LogP) is 3.72. The summed E-state index contributed by atoms with van der Waals surface area (Å²) in [4.78, 5) is 15.4. The molecular weight excluding hydrogens is 354 g/mol. The Hall–Kier alpha value is -2.02. The fourth-order valence-electron chi connectivity index (χ4n) is 3.45. The first-order chi connectivity index (χ1) is 13.2. The van der Waals surface area contributed by atoms with Gasteiger partial charge in [-0.1, -0.05) is 18.2 Å². The smallest absolute Gasteiger partial charge is 0.223 e. The molecule has 0 bridgehead atoms. The molecule has 1 aromatic carbocycles. The Labute approximate surface area is 165 Å². The van der Waals surface area contributed by atoms with Gasteiger partial charge in [0.15, 0.2) is 0 Å². The van der Waals surface area contributed by atoms with Crippen LogP contribution in [-0.4, -0.2) is 66.1 Å². The zero-order chi connectivity index (χ0) is 18.6. The van der Waals surface area contributed by atoms with Gasteiger partial charge in [0, 0.05) is 43.6 Å². The molecule has 0 aliphatic carbocycles. The van der Waals surface area contributed by atoms with E-state index in [0.717, 1.165) is 36.7 Å². The van der Waals surface area contributed by atoms with Crippen molar-refractivity contribution < 1.29 is 0 Å². The van der Waals surface area contributed by atoms with E-state index in [0.29, 0.717) is 0 Å². The Morgan fingerprint density at radius 3 is 2.78 bits per heavy atom. The predicted molar refractivity (Wildman–Crippen MR) is 115 cm³/mol. The molecule has 5 nitrogen and oxygen atoms in total. The van der Waals surface area contributed by atoms with Gasteiger partial charge < -0.3 is 15.1 Å². The van der Waals surface area contributed by atoms with Crippen LogP contribution in [0.5, 0.6) is 0 Å². The van der Waals surface area contributed by atoms with Crippen molar-refractivity contribution in [1.29, 1.82) is 0 Å². The van der Waals surface area contributed by atoms with Crippen LogP contribution in [0.25, 0.3) is 20.7 Å². The molecule has 0 amide bonds. The fraction of sp³-hybridized carbons (Fsp3) is 0.429. The topological polar surface area (TPSA) is 44.3 Å². The van der Waals surface area contributed by atoms with Gasteiger partial charge in [0.2, 0.25) is 5.95 Å². The molecule has 3 heterocycles. The van der Waals surface area contributed by atoms with E-state index in [9.17, 15) is 0 Å². The molecule has 1 fully saturated rings. The fourth-order valence-corrected chi connectivity index (χ4v) is 4.57. The van der Waals surface area contributed by atoms with E-state index in [2.05, 4.69) is 64.4 Å². The Kier molecular flexibility index (Phi) is 5.66. The van der Waals surface area contributed by atoms with E-state index in [-0.39, 0.29) is 0 Å². The summed E-state index contributed by atoms with van der Waals surface area (Å²) in [5.41, 5.74) is 2.15. The van der Waals surface area contributed by atoms with Crippen molar-refractivity contribution in [3.05, 3.63) is 42.1 Å². The maximum Gasteiger partial charge on any atom is 0.223 e. The quantitative estimate of drug-likeness (QED) is 0.660. The molecule has 1 saturated heterocycles. The molecule has 6 heteroatoms. The molecule has 4 rings (SSSR count). The number of likely N-dealkylation sites (N-methyl/N-ethyl adjacent to an activating group) is 1. The minimum atomic E-state index is 0.728. The van der Waals surface area contributed by atoms with E-state index < -0.39 is 0 Å². The number of hydrogen-bond donors (Lipinski definition) is 1. The molecule has 1 aliphatic heterocycles. The summed E-state index contributed by atoms with van der Waals surface area (Å²) in [6.45, 7) is 8.81. The Morgan fingerprint density at radius 2 is 1.96 bits per heavy atom. The number of fused-ring (bicyclic) bond motifs is 1. The van der Waals surface area contributed by atoms with Gasteiger partial charge in [-0.05, 0) is 50.0 Å². The van der Waals surface area contributed by atoms with Gasteiger partial charge in [0.25, 0.3) is 0 Å². The number of rotatable bonds is 6. The third-order valence-corrected chi connectivity index (χ3v) is 6.28. The molecule has 0 radical (unpaired) electrons. The van der Waals surface area contributed by atoms with Crippen molar-refractivity contribution in [1.82, 2.24) is 19.8 Å². The second-order valence-corrected chi connectivity index (χ2v) is 8.38. The highest BCUT2D eigenvalue weighted by Gasteiger charge is 2.13. The van der Waals surface area contributed by atoms with Crippen molar-refractivity contribution in [2.24, 2.45) is 0 Å². The molecule has 27 heavy (non-hydrogen) atoms. The SMILES string of the molecule is Cc1cnc(NCCCN2CCN(C)CC2)nc1-c1cc2ccccc2s1. The zero-order valence-electron chi connectivity index (χ0n) is 16.1. The third kappa shape index (κ3) is 4.46. The van der Waals surface area contributed by atoms with Crippen LogP contribution in [0.2, 0.25) is 0 Å². The number of anilines is 1. The van der Waals surface area contributed by atoms with Gasteiger partial charge in [-0.3, -0.25) is 0 Å². The number of benzene rings is 1. The van der Waals surface area contributed by atoms with E-state index >= 15 is 0 Å². The van der Waals surface area contributed by atoms with Gasteiger partial charge in [-0.2, -0.15) is 0 Å². The lowest BCUT2D eigenvalue weighted by Gasteiger charge is -2.32. The van der Waals surface area contributed by atoms with E-state index in [1.54, 1.807) is 11.3 Å². The lowest BCUT2D eigenvalue weighted by molar-refractivity contribution is 0.154. The summed E-state index contributed by atoms with van der Waals surface area (Å²) in [5.74, 6) is 0.728. The molecule has 3 aromatic rings. The lowest BCUT2D eigenvalue weighted by atomic mass is 10.2. The number of piperazine rings is 1. The summed E-state index contributed by atoms with van der Waals surface area (Å²) >= 11 is 1.79. The normalized spacial score (nSPS) is 16.1. The maximum absolute atomic E-state index is 4.80. The van der Waals surface area contributed by atoms with Crippen LogP contribution in [0.4, 0.5) is 5.95 Å². The average molecular weight is 382 g/mol. The Bertz CT molecular complexity index is 865. The van der Waals surface area contributed by atoms with Crippen LogP contribution in [0.15, 0.2) is 36.5 Å². The average Bonchev–Trinajstić information content (AvgIpc) is 3.12. The standard InChI is InChI=1S/C21H27N5S/c1-16-15-23-21(22-8-5-9-26-12-10-25(2)11-13-26)24-20(16)19-14-17-6-3-4-7-18(17)27-19/h3-4,6-7,14-15H,5,8-13H2,1-2H3,(H,22,23,24). The molecule has 1 aliphatic rings. The molecule has 2 aromatic heterocycles. The largest absolute Gasteiger partial charge is 0.354 e. The van der Waals surface area contributed by atoms with Crippen LogP contribution in [0.1, 0.15) is 12.0 Å². The zero-order valence-corrected chi connectivity index (χ0v) is 16.9. The third-order valence-electron chi connectivity index (χ3n) is 5.16. The molecule has 0 spiro atoms. The summed E-state index contributed by atoms with van der Waals surface area (Å²) in [7, 11) is 2.20. The first-order valence-corrected chi connectivity index (χ1v) is 10.5. The van der Waals surface area contributed by atoms with E-state index in [1.807, 2.05) is 6.20 Å². The maximum atomic E-state index is 4.80. The van der Waals surface area contributed by atoms with Crippen LogP contribution >= 0.6 is 11.3 Å². The lowest BCUT2D eigenvalue weighted by Crippen LogP contribution is -2.44. The molecule has 142 valence electrons. The van der Waals surface area contributed by atoms with Crippen molar-refractivity contribution in [2.75, 3.05) is 51.6 Å². The van der Waals surface area contributed by atoms with Crippen LogP contribution in [0, 0.1) is 6.92 Å². The number of aromatic nitrogens is 2. The van der Waals surface area contributed by atoms with E-state index in [1.165, 1.54) is 41.1 Å². The van der Waals surface area contributed by atoms with Crippen molar-refractivity contribution in [2.45, 2.75) is 13.3 Å². The number of nitrogens with one attached hydrogen (secondary N) is 1. The van der Waals surface area contributed by atoms with Crippen LogP contribution < -0.4 is 5.32 Å². The minimum absolute atomic E-state index is 0.728. The van der Waals surface area contributed by atoms with Gasteiger partial charge in [-0.25, -0.2) is 9.97 Å². The van der Waals surface area contributed by atoms with E-state index in [4.69, 9.17) is 4.98 Å². The molecule has 0 atom stereocenters. The van der Waals surface area contributed by atoms with Gasteiger partial charge >= 0.3 is 0 Å². The molecule has 0 unspecified atom stereocenters. The number of nitrogens with zero attached hydrogens (tertiary/aromatic N) is 4. The van der Waals surface area contributed by atoms with Crippen LogP contribution in [0.3, 0.4) is 0 Å². The molecular formula is C21H27N5S. The van der Waals surface area contributed by atoms with Crippen LogP contribution in [-0.2, 0) is 0 Å². The number of aryl methyl sites for hydroxylation is 1. The van der Waals surface area contributed by atoms with Crippen molar-refractivity contribution >= 4 is 27.4 Å². The summed E-state index contributed by atoms with van der Waals surface area (Å²) in [6.07, 6.45) is 3.04. The molecule has 1 N–H and O–H groups in total. The second-order valence-electron chi connectivity index (χ2n) is 7.30. The summed E-state index contributed by atoms with van der Waals surface area (Å²) in [5, 5.41) is 4.68. The highest BCUT2D eigenvalue weighted by molar-refractivity contribution is 7.22. The van der Waals surface area contributed by atoms with Gasteiger partial charge in [0.1, 0.15) is 0 Å². The monoisotopic (exact) mass is 381 g/mol. The Balaban J connectivity index is 1.37. The highest BCUT2D eigenvalue weighted by Crippen LogP contribution is 2.34. The minimum Gasteiger partial charge on any atom is -0.354 e. The summed E-state index contributed by atoms with van der Waals surface area (Å²) < 4.78 is 1.30. The Morgan fingerprint density at radius 1 is 1.15 bits per heavy atom. The first kappa shape index (κ1) is 18.3. The number of hydrogen-bond acceptors (Lipinski definition) is 6. The first-order valence-electron chi connectivity index (χ1n) is 9.66. The summed E-state index contributed by atoms with van der Waals surface area (Å²) in [6, 6.07) is 10.7. The van der Waals surface area contributed by atoms with Crippen molar-refractivity contribution in [3.63, 3.8) is 0 Å². The van der Waals surface area contributed by atoms with Gasteiger partial charge in [0.05, 0.1) is 10.6 Å². The second kappa shape index (κ2) is 8.33. The van der Waals surface area contributed by atoms with Crippen molar-refractivity contribution in [3.8, 4) is 10.6 Å².